The van der Waals surface area contributed by atoms with E-state index in [4.69, 9.17) is 22.1 Å². The number of benzene rings is 1. The Kier molecular flexibility index (Phi) is 5.51. The van der Waals surface area contributed by atoms with E-state index in [9.17, 15) is 4.79 Å². The molecular weight excluding hydrogens is 322 g/mol. The Hall–Kier alpha value is -1.92. The SMILES string of the molecule is COc1ccc(NC(=O)C(C)Sc2ccc(N)cn2)cc1Cl. The van der Waals surface area contributed by atoms with E-state index >= 15 is 0 Å². The lowest BCUT2D eigenvalue weighted by Gasteiger charge is -2.12. The van der Waals surface area contributed by atoms with Crippen LogP contribution >= 0.6 is 23.4 Å². The minimum Gasteiger partial charge on any atom is -0.495 e. The first-order valence-electron chi connectivity index (χ1n) is 6.52. The van der Waals surface area contributed by atoms with E-state index in [-0.39, 0.29) is 11.2 Å². The third-order valence-corrected chi connectivity index (χ3v) is 4.19. The fraction of sp³-hybridized carbons (Fsp3) is 0.200. The predicted octanol–water partition coefficient (Wildman–Crippen LogP) is 3.45. The summed E-state index contributed by atoms with van der Waals surface area (Å²) < 4.78 is 5.07. The van der Waals surface area contributed by atoms with Crippen molar-refractivity contribution in [2.24, 2.45) is 0 Å². The van der Waals surface area contributed by atoms with Crippen molar-refractivity contribution in [3.05, 3.63) is 41.6 Å². The van der Waals surface area contributed by atoms with Crippen LogP contribution in [0.15, 0.2) is 41.6 Å². The second-order valence-corrected chi connectivity index (χ2v) is 6.30. The van der Waals surface area contributed by atoms with Crippen LogP contribution in [0.1, 0.15) is 6.92 Å². The number of nitrogen functional groups attached to an aromatic ring is 1. The number of thioether (sulfide) groups is 1. The zero-order valence-electron chi connectivity index (χ0n) is 12.2. The lowest BCUT2D eigenvalue weighted by Crippen LogP contribution is -2.22. The number of hydrogen-bond donors (Lipinski definition) is 2. The minimum absolute atomic E-state index is 0.134. The average molecular weight is 338 g/mol. The van der Waals surface area contributed by atoms with Crippen molar-refractivity contribution in [1.82, 2.24) is 4.98 Å². The van der Waals surface area contributed by atoms with Crippen molar-refractivity contribution in [2.45, 2.75) is 17.2 Å². The average Bonchev–Trinajstić information content (AvgIpc) is 2.49. The van der Waals surface area contributed by atoms with Gasteiger partial charge in [-0.25, -0.2) is 4.98 Å². The first kappa shape index (κ1) is 16.5. The van der Waals surface area contributed by atoms with Crippen molar-refractivity contribution >= 4 is 40.6 Å². The molecule has 1 atom stereocenters. The summed E-state index contributed by atoms with van der Waals surface area (Å²) in [6.45, 7) is 1.81. The molecule has 0 aliphatic heterocycles. The molecular formula is C15H16ClN3O2S. The molecule has 2 rings (SSSR count). The van der Waals surface area contributed by atoms with Crippen molar-refractivity contribution in [3.63, 3.8) is 0 Å². The van der Waals surface area contributed by atoms with Crippen molar-refractivity contribution in [1.29, 1.82) is 0 Å². The third kappa shape index (κ3) is 4.29. The maximum atomic E-state index is 12.2. The van der Waals surface area contributed by atoms with Crippen LogP contribution in [-0.2, 0) is 4.79 Å². The summed E-state index contributed by atoms with van der Waals surface area (Å²) in [5.41, 5.74) is 6.79. The molecule has 22 heavy (non-hydrogen) atoms. The number of nitrogens with zero attached hydrogens (tertiary/aromatic N) is 1. The molecule has 0 aliphatic rings. The van der Waals surface area contributed by atoms with Gasteiger partial charge in [-0.3, -0.25) is 4.79 Å². The molecule has 3 N–H and O–H groups in total. The van der Waals surface area contributed by atoms with Crippen molar-refractivity contribution < 1.29 is 9.53 Å². The standard InChI is InChI=1S/C15H16ClN3O2S/c1-9(22-14-6-3-10(17)8-18-14)15(20)19-11-4-5-13(21-2)12(16)7-11/h3-9H,17H2,1-2H3,(H,19,20). The van der Waals surface area contributed by atoms with Gasteiger partial charge in [0.05, 0.1) is 34.3 Å². The predicted molar refractivity (Wildman–Crippen MR) is 90.6 cm³/mol. The van der Waals surface area contributed by atoms with Crippen LogP contribution in [0.2, 0.25) is 5.02 Å². The lowest BCUT2D eigenvalue weighted by molar-refractivity contribution is -0.115. The van der Waals surface area contributed by atoms with Crippen molar-refractivity contribution in [2.75, 3.05) is 18.2 Å². The fourth-order valence-corrected chi connectivity index (χ4v) is 2.73. The van der Waals surface area contributed by atoms with E-state index in [1.807, 2.05) is 6.92 Å². The van der Waals surface area contributed by atoms with Gasteiger partial charge >= 0.3 is 0 Å². The molecule has 0 fully saturated rings. The monoisotopic (exact) mass is 337 g/mol. The molecule has 1 amide bonds. The molecule has 0 spiro atoms. The summed E-state index contributed by atoms with van der Waals surface area (Å²) in [4.78, 5) is 16.4. The van der Waals surface area contributed by atoms with E-state index in [1.165, 1.54) is 18.9 Å². The second kappa shape index (κ2) is 7.38. The lowest BCUT2D eigenvalue weighted by atomic mass is 10.3. The van der Waals surface area contributed by atoms with Gasteiger partial charge in [-0.2, -0.15) is 0 Å². The third-order valence-electron chi connectivity index (χ3n) is 2.85. The normalized spacial score (nSPS) is 11.8. The smallest absolute Gasteiger partial charge is 0.237 e. The molecule has 1 aromatic carbocycles. The highest BCUT2D eigenvalue weighted by atomic mass is 35.5. The first-order chi connectivity index (χ1) is 10.5. The van der Waals surface area contributed by atoms with E-state index in [0.29, 0.717) is 22.1 Å². The Morgan fingerprint density at radius 1 is 1.41 bits per heavy atom. The number of anilines is 2. The van der Waals surface area contributed by atoms with Crippen LogP contribution in [0.4, 0.5) is 11.4 Å². The molecule has 5 nitrogen and oxygen atoms in total. The molecule has 0 bridgehead atoms. The number of aromatic nitrogens is 1. The Morgan fingerprint density at radius 2 is 2.18 bits per heavy atom. The van der Waals surface area contributed by atoms with Gasteiger partial charge in [0.25, 0.3) is 0 Å². The molecule has 1 unspecified atom stereocenters. The Bertz CT molecular complexity index is 664. The number of nitrogens with one attached hydrogen (secondary N) is 1. The maximum Gasteiger partial charge on any atom is 0.237 e. The van der Waals surface area contributed by atoms with E-state index in [0.717, 1.165) is 5.03 Å². The summed E-state index contributed by atoms with van der Waals surface area (Å²) in [7, 11) is 1.54. The number of methoxy groups -OCH3 is 1. The molecule has 1 aromatic heterocycles. The van der Waals surface area contributed by atoms with Gasteiger partial charge in [-0.1, -0.05) is 23.4 Å². The second-order valence-electron chi connectivity index (χ2n) is 4.53. The summed E-state index contributed by atoms with van der Waals surface area (Å²) in [5.74, 6) is 0.429. The van der Waals surface area contributed by atoms with Crippen LogP contribution in [0.25, 0.3) is 0 Å². The highest BCUT2D eigenvalue weighted by molar-refractivity contribution is 8.00. The zero-order chi connectivity index (χ0) is 16.1. The zero-order valence-corrected chi connectivity index (χ0v) is 13.7. The minimum atomic E-state index is -0.308. The first-order valence-corrected chi connectivity index (χ1v) is 7.78. The van der Waals surface area contributed by atoms with Gasteiger partial charge in [0.15, 0.2) is 0 Å². The molecule has 116 valence electrons. The molecule has 0 aliphatic carbocycles. The van der Waals surface area contributed by atoms with Gasteiger partial charge in [0.2, 0.25) is 5.91 Å². The number of ether oxygens (including phenoxy) is 1. The Balaban J connectivity index is 1.99. The largest absolute Gasteiger partial charge is 0.495 e. The maximum absolute atomic E-state index is 12.2. The number of rotatable bonds is 5. The molecule has 1 heterocycles. The van der Waals surface area contributed by atoms with Gasteiger partial charge in [0, 0.05) is 5.69 Å². The van der Waals surface area contributed by atoms with Gasteiger partial charge < -0.3 is 15.8 Å². The number of halogens is 1. The summed E-state index contributed by atoms with van der Waals surface area (Å²) in [6.07, 6.45) is 1.57. The number of carbonyl (C=O) groups is 1. The molecule has 2 aromatic rings. The molecule has 0 saturated heterocycles. The van der Waals surface area contributed by atoms with E-state index < -0.39 is 0 Å². The number of nitrogens with two attached hydrogens (primary N) is 1. The van der Waals surface area contributed by atoms with Crippen LogP contribution in [0.3, 0.4) is 0 Å². The Labute approximate surface area is 138 Å². The number of pyridine rings is 1. The molecule has 7 heteroatoms. The summed E-state index contributed by atoms with van der Waals surface area (Å²) >= 11 is 7.39. The topological polar surface area (TPSA) is 77.2 Å². The number of amides is 1. The quantitative estimate of drug-likeness (QED) is 0.817. The van der Waals surface area contributed by atoms with Crippen LogP contribution in [-0.4, -0.2) is 23.3 Å². The van der Waals surface area contributed by atoms with E-state index in [2.05, 4.69) is 10.3 Å². The number of hydrogen-bond acceptors (Lipinski definition) is 5. The van der Waals surface area contributed by atoms with Gasteiger partial charge in [-0.15, -0.1) is 0 Å². The fourth-order valence-electron chi connectivity index (χ4n) is 1.68. The van der Waals surface area contributed by atoms with Gasteiger partial charge in [-0.05, 0) is 37.3 Å². The number of carbonyl (C=O) groups excluding carboxylic acids is 1. The summed E-state index contributed by atoms with van der Waals surface area (Å²) in [6, 6.07) is 8.63. The van der Waals surface area contributed by atoms with Crippen LogP contribution in [0, 0.1) is 0 Å². The highest BCUT2D eigenvalue weighted by Crippen LogP contribution is 2.28. The molecule has 0 radical (unpaired) electrons. The van der Waals surface area contributed by atoms with Gasteiger partial charge in [0.1, 0.15) is 5.75 Å². The van der Waals surface area contributed by atoms with Crippen LogP contribution < -0.4 is 15.8 Å². The highest BCUT2D eigenvalue weighted by Gasteiger charge is 2.15. The van der Waals surface area contributed by atoms with Crippen molar-refractivity contribution in [3.8, 4) is 5.75 Å². The van der Waals surface area contributed by atoms with E-state index in [1.54, 1.807) is 36.5 Å². The molecule has 0 saturated carbocycles. The Morgan fingerprint density at radius 3 is 2.77 bits per heavy atom. The van der Waals surface area contributed by atoms with Crippen LogP contribution in [0.5, 0.6) is 5.75 Å². The summed E-state index contributed by atoms with van der Waals surface area (Å²) in [5, 5.41) is 3.69.